The van der Waals surface area contributed by atoms with E-state index in [4.69, 9.17) is 21.4 Å². The monoisotopic (exact) mass is 386 g/mol. The summed E-state index contributed by atoms with van der Waals surface area (Å²) in [6, 6.07) is 7.26. The largest absolute Gasteiger partial charge is 0.394 e. The molecule has 134 valence electrons. The van der Waals surface area contributed by atoms with Crippen molar-refractivity contribution < 1.29 is 23.8 Å². The summed E-state index contributed by atoms with van der Waals surface area (Å²) in [6.07, 6.45) is -0.468. The summed E-state index contributed by atoms with van der Waals surface area (Å²) in [5.41, 5.74) is 0.206. The molecule has 1 atom stereocenters. The van der Waals surface area contributed by atoms with Crippen molar-refractivity contribution in [2.24, 2.45) is 0 Å². The lowest BCUT2D eigenvalue weighted by Crippen LogP contribution is -2.38. The van der Waals surface area contributed by atoms with Crippen LogP contribution in [-0.4, -0.2) is 36.7 Å². The number of carbonyl (C=O) groups is 2. The van der Waals surface area contributed by atoms with Gasteiger partial charge in [0.2, 0.25) is 0 Å². The third kappa shape index (κ3) is 5.79. The Kier molecular flexibility index (Phi) is 7.32. The predicted octanol–water partition coefficient (Wildman–Crippen LogP) is 2.35. The maximum absolute atomic E-state index is 13.1. The van der Waals surface area contributed by atoms with E-state index in [0.29, 0.717) is 0 Å². The number of benzene rings is 1. The summed E-state index contributed by atoms with van der Waals surface area (Å²) in [7, 11) is 0. The zero-order chi connectivity index (χ0) is 18.2. The highest BCUT2D eigenvalue weighted by Crippen LogP contribution is 2.22. The van der Waals surface area contributed by atoms with Gasteiger partial charge >= 0.3 is 11.8 Å². The molecule has 0 spiro atoms. The molecule has 3 N–H and O–H groups in total. The number of aliphatic hydroxyl groups is 1. The van der Waals surface area contributed by atoms with Crippen LogP contribution >= 0.6 is 22.9 Å². The van der Waals surface area contributed by atoms with E-state index in [-0.39, 0.29) is 30.5 Å². The van der Waals surface area contributed by atoms with Gasteiger partial charge in [0.1, 0.15) is 11.9 Å². The summed E-state index contributed by atoms with van der Waals surface area (Å²) in [4.78, 5) is 24.7. The molecule has 9 heteroatoms. The van der Waals surface area contributed by atoms with E-state index in [0.717, 1.165) is 10.9 Å². The molecule has 0 unspecified atom stereocenters. The molecule has 0 radical (unpaired) electrons. The van der Waals surface area contributed by atoms with Crippen LogP contribution in [0, 0.1) is 5.82 Å². The van der Waals surface area contributed by atoms with Gasteiger partial charge in [-0.15, -0.1) is 11.3 Å². The van der Waals surface area contributed by atoms with Gasteiger partial charge in [0.15, 0.2) is 0 Å². The number of carbonyl (C=O) groups excluding carboxylic acids is 2. The molecule has 2 aromatic rings. The van der Waals surface area contributed by atoms with Gasteiger partial charge in [0.25, 0.3) is 0 Å². The average molecular weight is 387 g/mol. The zero-order valence-electron chi connectivity index (χ0n) is 13.0. The van der Waals surface area contributed by atoms with E-state index in [2.05, 4.69) is 10.6 Å². The Morgan fingerprint density at radius 3 is 2.76 bits per heavy atom. The third-order valence-electron chi connectivity index (χ3n) is 3.10. The quantitative estimate of drug-likeness (QED) is 0.637. The van der Waals surface area contributed by atoms with E-state index in [1.54, 1.807) is 0 Å². The fourth-order valence-electron chi connectivity index (χ4n) is 1.94. The molecule has 2 rings (SSSR count). The Balaban J connectivity index is 1.90. The highest BCUT2D eigenvalue weighted by Gasteiger charge is 2.18. The first-order valence-corrected chi connectivity index (χ1v) is 8.57. The van der Waals surface area contributed by atoms with Crippen LogP contribution in [0.25, 0.3) is 0 Å². The summed E-state index contributed by atoms with van der Waals surface area (Å²) in [6.45, 7) is 0.0251. The average Bonchev–Trinajstić information content (AvgIpc) is 3.12. The lowest BCUT2D eigenvalue weighted by Gasteiger charge is -2.16. The summed E-state index contributed by atoms with van der Waals surface area (Å²) in [5.74, 6) is -2.40. The van der Waals surface area contributed by atoms with Gasteiger partial charge in [-0.05, 0) is 29.6 Å². The van der Waals surface area contributed by atoms with Crippen molar-refractivity contribution in [1.82, 2.24) is 5.32 Å². The van der Waals surface area contributed by atoms with Crippen molar-refractivity contribution in [2.45, 2.75) is 6.10 Å². The Morgan fingerprint density at radius 1 is 1.32 bits per heavy atom. The molecule has 1 aromatic carbocycles. The second-order valence-corrected chi connectivity index (χ2v) is 6.28. The molecule has 0 aliphatic heterocycles. The van der Waals surface area contributed by atoms with Crippen molar-refractivity contribution in [3.8, 4) is 0 Å². The van der Waals surface area contributed by atoms with E-state index < -0.39 is 23.7 Å². The SMILES string of the molecule is O=C(NC[C@@H](OCCO)c1cccs1)C(=O)Nc1ccc(F)c(Cl)c1. The molecular formula is C16H16ClFN2O4S. The number of thiophene rings is 1. The van der Waals surface area contributed by atoms with E-state index >= 15 is 0 Å². The number of amides is 2. The Morgan fingerprint density at radius 2 is 2.12 bits per heavy atom. The van der Waals surface area contributed by atoms with Crippen molar-refractivity contribution in [3.05, 3.63) is 51.4 Å². The number of halogens is 2. The number of ether oxygens (including phenoxy) is 1. The molecule has 0 aliphatic rings. The zero-order valence-corrected chi connectivity index (χ0v) is 14.6. The summed E-state index contributed by atoms with van der Waals surface area (Å²) >= 11 is 7.06. The van der Waals surface area contributed by atoms with Gasteiger partial charge in [-0.1, -0.05) is 17.7 Å². The third-order valence-corrected chi connectivity index (χ3v) is 4.36. The van der Waals surface area contributed by atoms with Gasteiger partial charge in [-0.2, -0.15) is 0 Å². The van der Waals surface area contributed by atoms with Gasteiger partial charge in [-0.25, -0.2) is 4.39 Å². The maximum Gasteiger partial charge on any atom is 0.313 e. The van der Waals surface area contributed by atoms with Crippen molar-refractivity contribution in [1.29, 1.82) is 0 Å². The van der Waals surface area contributed by atoms with Crippen molar-refractivity contribution in [2.75, 3.05) is 25.1 Å². The smallest absolute Gasteiger partial charge is 0.313 e. The van der Waals surface area contributed by atoms with Crippen LogP contribution in [0.4, 0.5) is 10.1 Å². The van der Waals surface area contributed by atoms with E-state index in [1.165, 1.54) is 23.5 Å². The Labute approximate surface area is 152 Å². The Hall–Kier alpha value is -2.00. The van der Waals surface area contributed by atoms with Crippen LogP contribution in [0.3, 0.4) is 0 Å². The van der Waals surface area contributed by atoms with Crippen LogP contribution in [0.2, 0.25) is 5.02 Å². The number of anilines is 1. The minimum absolute atomic E-state index is 0.0664. The fourth-order valence-corrected chi connectivity index (χ4v) is 2.89. The molecule has 2 amide bonds. The van der Waals surface area contributed by atoms with Crippen LogP contribution in [-0.2, 0) is 14.3 Å². The van der Waals surface area contributed by atoms with Crippen LogP contribution in [0.15, 0.2) is 35.7 Å². The van der Waals surface area contributed by atoms with E-state index in [1.807, 2.05) is 17.5 Å². The number of rotatable bonds is 7. The lowest BCUT2D eigenvalue weighted by atomic mass is 10.2. The van der Waals surface area contributed by atoms with Gasteiger partial charge in [0, 0.05) is 17.1 Å². The molecule has 0 aliphatic carbocycles. The van der Waals surface area contributed by atoms with Crippen LogP contribution in [0.1, 0.15) is 11.0 Å². The minimum atomic E-state index is -0.908. The van der Waals surface area contributed by atoms with Gasteiger partial charge in [-0.3, -0.25) is 9.59 Å². The molecule has 6 nitrogen and oxygen atoms in total. The van der Waals surface area contributed by atoms with E-state index in [9.17, 15) is 14.0 Å². The van der Waals surface area contributed by atoms with Gasteiger partial charge < -0.3 is 20.5 Å². The molecule has 25 heavy (non-hydrogen) atoms. The molecule has 0 fully saturated rings. The first-order chi connectivity index (χ1) is 12.0. The summed E-state index contributed by atoms with van der Waals surface area (Å²) < 4.78 is 18.6. The van der Waals surface area contributed by atoms with Crippen LogP contribution in [0.5, 0.6) is 0 Å². The van der Waals surface area contributed by atoms with Crippen LogP contribution < -0.4 is 10.6 Å². The molecule has 0 saturated heterocycles. The van der Waals surface area contributed by atoms with Gasteiger partial charge in [0.05, 0.1) is 18.2 Å². The minimum Gasteiger partial charge on any atom is -0.394 e. The molecular weight excluding hydrogens is 371 g/mol. The Bertz CT molecular complexity index is 727. The molecule has 0 saturated carbocycles. The van der Waals surface area contributed by atoms with Crippen molar-refractivity contribution >= 4 is 40.4 Å². The molecule has 1 aromatic heterocycles. The molecule has 0 bridgehead atoms. The number of hydrogen-bond donors (Lipinski definition) is 3. The van der Waals surface area contributed by atoms with Crippen molar-refractivity contribution in [3.63, 3.8) is 0 Å². The second kappa shape index (κ2) is 9.47. The normalized spacial score (nSPS) is 11.8. The standard InChI is InChI=1S/C16H16ClFN2O4S/c17-11-8-10(3-4-12(11)18)20-16(23)15(22)19-9-13(24-6-5-21)14-2-1-7-25-14/h1-4,7-8,13,21H,5-6,9H2,(H,19,22)(H,20,23)/t13-/m1/s1. The lowest BCUT2D eigenvalue weighted by molar-refractivity contribution is -0.136. The maximum atomic E-state index is 13.1. The number of aliphatic hydroxyl groups excluding tert-OH is 1. The summed E-state index contributed by atoms with van der Waals surface area (Å²) in [5, 5.41) is 15.4. The second-order valence-electron chi connectivity index (χ2n) is 4.89. The highest BCUT2D eigenvalue weighted by atomic mass is 35.5. The topological polar surface area (TPSA) is 87.7 Å². The predicted molar refractivity (Wildman–Crippen MR) is 93.1 cm³/mol. The first-order valence-electron chi connectivity index (χ1n) is 7.31. The number of nitrogens with one attached hydrogen (secondary N) is 2. The fraction of sp³-hybridized carbons (Fsp3) is 0.250. The molecule has 1 heterocycles. The highest BCUT2D eigenvalue weighted by molar-refractivity contribution is 7.10. The first kappa shape index (κ1) is 19.3. The number of hydrogen-bond acceptors (Lipinski definition) is 5.